The Balaban J connectivity index is 0.00000242. The van der Waals surface area contributed by atoms with Crippen LogP contribution >= 0.6 is 12.4 Å². The summed E-state index contributed by atoms with van der Waals surface area (Å²) in [5.41, 5.74) is 1.41. The molecule has 0 radical (unpaired) electrons. The summed E-state index contributed by atoms with van der Waals surface area (Å²) in [6.45, 7) is 4.41. The lowest BCUT2D eigenvalue weighted by Gasteiger charge is -2.23. The summed E-state index contributed by atoms with van der Waals surface area (Å²) in [6.07, 6.45) is 2.28. The molecule has 1 amide bonds. The number of carbonyl (C=O) groups excluding carboxylic acids is 1. The summed E-state index contributed by atoms with van der Waals surface area (Å²) in [5.74, 6) is -0.227. The predicted octanol–water partition coefficient (Wildman–Crippen LogP) is 1.86. The number of hydrogen-bond donors (Lipinski definition) is 2. The second-order valence-electron chi connectivity index (χ2n) is 5.68. The van der Waals surface area contributed by atoms with Crippen molar-refractivity contribution in [2.24, 2.45) is 0 Å². The molecule has 1 aliphatic rings. The summed E-state index contributed by atoms with van der Waals surface area (Å²) < 4.78 is 13.4. The van der Waals surface area contributed by atoms with E-state index < -0.39 is 0 Å². The lowest BCUT2D eigenvalue weighted by Crippen LogP contribution is -2.43. The van der Waals surface area contributed by atoms with Crippen molar-refractivity contribution in [2.75, 3.05) is 26.7 Å². The number of hydrogen-bond acceptors (Lipinski definition) is 3. The minimum Gasteiger partial charge on any atom is -0.351 e. The zero-order chi connectivity index (χ0) is 15.2. The molecule has 124 valence electrons. The molecule has 1 heterocycles. The maximum atomic E-state index is 13.4. The zero-order valence-corrected chi connectivity index (χ0v) is 14.0. The van der Waals surface area contributed by atoms with Crippen LogP contribution in [0.5, 0.6) is 0 Å². The van der Waals surface area contributed by atoms with E-state index in [1.54, 1.807) is 13.0 Å². The van der Waals surface area contributed by atoms with Gasteiger partial charge in [-0.25, -0.2) is 4.39 Å². The normalized spacial score (nSPS) is 18.0. The second-order valence-corrected chi connectivity index (χ2v) is 5.68. The van der Waals surface area contributed by atoms with Crippen molar-refractivity contribution in [3.05, 3.63) is 35.1 Å². The Hall–Kier alpha value is -1.17. The quantitative estimate of drug-likeness (QED) is 0.837. The smallest absolute Gasteiger partial charge is 0.234 e. The first kappa shape index (κ1) is 18.9. The summed E-state index contributed by atoms with van der Waals surface area (Å²) in [4.78, 5) is 14.2. The zero-order valence-electron chi connectivity index (χ0n) is 13.2. The van der Waals surface area contributed by atoms with Gasteiger partial charge in [-0.3, -0.25) is 9.69 Å². The molecule has 1 unspecified atom stereocenters. The van der Waals surface area contributed by atoms with Crippen LogP contribution in [-0.2, 0) is 11.3 Å². The Morgan fingerprint density at radius 3 is 2.91 bits per heavy atom. The SMILES string of the molecule is CNCC1CCCN1CC(=O)NCc1ccc(C)c(F)c1.Cl. The van der Waals surface area contributed by atoms with Gasteiger partial charge in [0.2, 0.25) is 5.91 Å². The number of likely N-dealkylation sites (tertiary alicyclic amines) is 1. The van der Waals surface area contributed by atoms with Crippen LogP contribution < -0.4 is 10.6 Å². The molecular formula is C16H25ClFN3O. The monoisotopic (exact) mass is 329 g/mol. The van der Waals surface area contributed by atoms with E-state index in [9.17, 15) is 9.18 Å². The second kappa shape index (κ2) is 9.08. The van der Waals surface area contributed by atoms with Crippen LogP contribution in [0.15, 0.2) is 18.2 Å². The van der Waals surface area contributed by atoms with Crippen molar-refractivity contribution >= 4 is 18.3 Å². The van der Waals surface area contributed by atoms with Gasteiger partial charge in [0, 0.05) is 19.1 Å². The Morgan fingerprint density at radius 1 is 1.45 bits per heavy atom. The number of nitrogens with zero attached hydrogens (tertiary/aromatic N) is 1. The van der Waals surface area contributed by atoms with Crippen LogP contribution in [0.25, 0.3) is 0 Å². The molecule has 6 heteroatoms. The van der Waals surface area contributed by atoms with Gasteiger partial charge in [0.15, 0.2) is 0 Å². The molecule has 1 aromatic rings. The van der Waals surface area contributed by atoms with Crippen LogP contribution in [0.1, 0.15) is 24.0 Å². The highest BCUT2D eigenvalue weighted by atomic mass is 35.5. The van der Waals surface area contributed by atoms with Gasteiger partial charge in [0.05, 0.1) is 6.54 Å². The van der Waals surface area contributed by atoms with Gasteiger partial charge in [0.25, 0.3) is 0 Å². The lowest BCUT2D eigenvalue weighted by atomic mass is 10.1. The highest BCUT2D eigenvalue weighted by molar-refractivity contribution is 5.85. The molecule has 1 atom stereocenters. The first-order valence-corrected chi connectivity index (χ1v) is 7.50. The molecule has 2 rings (SSSR count). The minimum atomic E-state index is -0.227. The molecular weight excluding hydrogens is 305 g/mol. The van der Waals surface area contributed by atoms with Gasteiger partial charge in [-0.05, 0) is 50.6 Å². The Morgan fingerprint density at radius 2 is 2.23 bits per heavy atom. The number of rotatable bonds is 6. The van der Waals surface area contributed by atoms with E-state index in [-0.39, 0.29) is 24.1 Å². The van der Waals surface area contributed by atoms with E-state index in [2.05, 4.69) is 15.5 Å². The first-order chi connectivity index (χ1) is 10.1. The number of amides is 1. The highest BCUT2D eigenvalue weighted by Crippen LogP contribution is 2.15. The first-order valence-electron chi connectivity index (χ1n) is 7.50. The number of nitrogens with one attached hydrogen (secondary N) is 2. The molecule has 1 saturated heterocycles. The minimum absolute atomic E-state index is 0. The Bertz CT molecular complexity index is 498. The van der Waals surface area contributed by atoms with E-state index in [4.69, 9.17) is 0 Å². The van der Waals surface area contributed by atoms with E-state index in [1.807, 2.05) is 13.1 Å². The van der Waals surface area contributed by atoms with Crippen LogP contribution in [0, 0.1) is 12.7 Å². The number of halogens is 2. The van der Waals surface area contributed by atoms with E-state index >= 15 is 0 Å². The maximum absolute atomic E-state index is 13.4. The molecule has 0 aliphatic carbocycles. The number of carbonyl (C=O) groups is 1. The van der Waals surface area contributed by atoms with Gasteiger partial charge in [-0.15, -0.1) is 12.4 Å². The fourth-order valence-electron chi connectivity index (χ4n) is 2.76. The Labute approximate surface area is 137 Å². The average Bonchev–Trinajstić information content (AvgIpc) is 2.88. The third-order valence-electron chi connectivity index (χ3n) is 4.01. The third kappa shape index (κ3) is 5.23. The molecule has 0 spiro atoms. The third-order valence-corrected chi connectivity index (χ3v) is 4.01. The summed E-state index contributed by atoms with van der Waals surface area (Å²) in [7, 11) is 1.93. The van der Waals surface area contributed by atoms with E-state index in [0.29, 0.717) is 24.7 Å². The molecule has 1 fully saturated rings. The van der Waals surface area contributed by atoms with Gasteiger partial charge in [0.1, 0.15) is 5.82 Å². The van der Waals surface area contributed by atoms with E-state index in [1.165, 1.54) is 6.07 Å². The predicted molar refractivity (Wildman–Crippen MR) is 88.8 cm³/mol. The largest absolute Gasteiger partial charge is 0.351 e. The molecule has 22 heavy (non-hydrogen) atoms. The van der Waals surface area contributed by atoms with Crippen LogP contribution in [0.4, 0.5) is 4.39 Å². The van der Waals surface area contributed by atoms with Gasteiger partial charge in [-0.1, -0.05) is 12.1 Å². The average molecular weight is 330 g/mol. The van der Waals surface area contributed by atoms with E-state index in [0.717, 1.165) is 31.5 Å². The van der Waals surface area contributed by atoms with Crippen LogP contribution in [0.3, 0.4) is 0 Å². The van der Waals surface area contributed by atoms with Gasteiger partial charge >= 0.3 is 0 Å². The summed E-state index contributed by atoms with van der Waals surface area (Å²) in [6, 6.07) is 5.51. The molecule has 2 N–H and O–H groups in total. The maximum Gasteiger partial charge on any atom is 0.234 e. The molecule has 0 saturated carbocycles. The number of benzene rings is 1. The Kier molecular flexibility index (Phi) is 7.79. The number of aryl methyl sites for hydroxylation is 1. The fraction of sp³-hybridized carbons (Fsp3) is 0.562. The van der Waals surface area contributed by atoms with Crippen molar-refractivity contribution in [2.45, 2.75) is 32.4 Å². The highest BCUT2D eigenvalue weighted by Gasteiger charge is 2.25. The van der Waals surface area contributed by atoms with Crippen molar-refractivity contribution in [3.8, 4) is 0 Å². The van der Waals surface area contributed by atoms with Crippen molar-refractivity contribution < 1.29 is 9.18 Å². The van der Waals surface area contributed by atoms with Crippen molar-refractivity contribution in [1.29, 1.82) is 0 Å². The molecule has 0 bridgehead atoms. The van der Waals surface area contributed by atoms with Crippen LogP contribution in [0.2, 0.25) is 0 Å². The number of likely N-dealkylation sites (N-methyl/N-ethyl adjacent to an activating group) is 1. The lowest BCUT2D eigenvalue weighted by molar-refractivity contribution is -0.122. The standard InChI is InChI=1S/C16H24FN3O.ClH/c1-12-5-6-13(8-15(12)17)9-19-16(21)11-20-7-3-4-14(20)10-18-2;/h5-6,8,14,18H,3-4,7,9-11H2,1-2H3,(H,19,21);1H. The topological polar surface area (TPSA) is 44.4 Å². The molecule has 4 nitrogen and oxygen atoms in total. The van der Waals surface area contributed by atoms with Crippen molar-refractivity contribution in [3.63, 3.8) is 0 Å². The van der Waals surface area contributed by atoms with Gasteiger partial charge < -0.3 is 10.6 Å². The molecule has 1 aromatic carbocycles. The molecule has 1 aliphatic heterocycles. The van der Waals surface area contributed by atoms with Crippen LogP contribution in [-0.4, -0.2) is 43.5 Å². The van der Waals surface area contributed by atoms with Gasteiger partial charge in [-0.2, -0.15) is 0 Å². The summed E-state index contributed by atoms with van der Waals surface area (Å²) in [5, 5.41) is 6.03. The summed E-state index contributed by atoms with van der Waals surface area (Å²) >= 11 is 0. The fourth-order valence-corrected chi connectivity index (χ4v) is 2.76. The molecule has 0 aromatic heterocycles. The van der Waals surface area contributed by atoms with Crippen molar-refractivity contribution in [1.82, 2.24) is 15.5 Å².